The highest BCUT2D eigenvalue weighted by atomic mass is 16.1. The SMILES string of the molecule is CCCC(C)C(=O)[C@H]1CC[C@@H](C(=O)C(C)(C)C)CC1. The second-order valence-corrected chi connectivity index (χ2v) is 7.25. The van der Waals surface area contributed by atoms with Gasteiger partial charge in [-0.2, -0.15) is 0 Å². The van der Waals surface area contributed by atoms with Gasteiger partial charge >= 0.3 is 0 Å². The molecule has 1 aliphatic rings. The van der Waals surface area contributed by atoms with Crippen molar-refractivity contribution in [2.75, 3.05) is 0 Å². The summed E-state index contributed by atoms with van der Waals surface area (Å²) in [4.78, 5) is 24.5. The fraction of sp³-hybridized carbons (Fsp3) is 0.882. The van der Waals surface area contributed by atoms with E-state index >= 15 is 0 Å². The van der Waals surface area contributed by atoms with Gasteiger partial charge in [0.15, 0.2) is 0 Å². The second kappa shape index (κ2) is 6.67. The van der Waals surface area contributed by atoms with Crippen LogP contribution in [0.5, 0.6) is 0 Å². The Labute approximate surface area is 118 Å². The highest BCUT2D eigenvalue weighted by molar-refractivity contribution is 5.87. The number of hydrogen-bond acceptors (Lipinski definition) is 2. The molecule has 0 aromatic heterocycles. The average molecular weight is 266 g/mol. The summed E-state index contributed by atoms with van der Waals surface area (Å²) in [6, 6.07) is 0. The van der Waals surface area contributed by atoms with Crippen LogP contribution in [0.4, 0.5) is 0 Å². The first-order chi connectivity index (χ1) is 8.77. The molecule has 0 radical (unpaired) electrons. The first kappa shape index (κ1) is 16.4. The lowest BCUT2D eigenvalue weighted by Crippen LogP contribution is -2.33. The van der Waals surface area contributed by atoms with Crippen LogP contribution in [0, 0.1) is 23.2 Å². The van der Waals surface area contributed by atoms with Crippen molar-refractivity contribution in [2.45, 2.75) is 73.1 Å². The molecule has 0 aromatic carbocycles. The van der Waals surface area contributed by atoms with E-state index in [1.165, 1.54) is 0 Å². The van der Waals surface area contributed by atoms with Gasteiger partial charge in [-0.15, -0.1) is 0 Å². The van der Waals surface area contributed by atoms with Crippen LogP contribution in [0.25, 0.3) is 0 Å². The Balaban J connectivity index is 2.49. The lowest BCUT2D eigenvalue weighted by molar-refractivity contribution is -0.134. The molecule has 0 amide bonds. The minimum Gasteiger partial charge on any atom is -0.299 e. The molecule has 0 saturated heterocycles. The van der Waals surface area contributed by atoms with Gasteiger partial charge < -0.3 is 0 Å². The molecule has 1 unspecified atom stereocenters. The average Bonchev–Trinajstić information content (AvgIpc) is 2.36. The van der Waals surface area contributed by atoms with E-state index in [2.05, 4.69) is 13.8 Å². The van der Waals surface area contributed by atoms with Crippen molar-refractivity contribution in [1.82, 2.24) is 0 Å². The van der Waals surface area contributed by atoms with E-state index in [4.69, 9.17) is 0 Å². The summed E-state index contributed by atoms with van der Waals surface area (Å²) in [5.41, 5.74) is -0.239. The Bertz CT molecular complexity index is 317. The standard InChI is InChI=1S/C17H30O2/c1-6-7-12(2)15(18)13-8-10-14(11-9-13)16(19)17(3,4)5/h12-14H,6-11H2,1-5H3/t12?,13-,14+. The van der Waals surface area contributed by atoms with Crippen molar-refractivity contribution in [3.05, 3.63) is 0 Å². The zero-order valence-corrected chi connectivity index (χ0v) is 13.3. The van der Waals surface area contributed by atoms with Crippen LogP contribution in [-0.2, 0) is 9.59 Å². The number of Topliss-reactive ketones (excluding diaryl/α,β-unsaturated/α-hetero) is 2. The van der Waals surface area contributed by atoms with E-state index in [1.54, 1.807) is 0 Å². The van der Waals surface area contributed by atoms with Crippen molar-refractivity contribution in [2.24, 2.45) is 23.2 Å². The van der Waals surface area contributed by atoms with Crippen molar-refractivity contribution in [1.29, 1.82) is 0 Å². The number of hydrogen-bond donors (Lipinski definition) is 0. The largest absolute Gasteiger partial charge is 0.299 e. The zero-order valence-electron chi connectivity index (χ0n) is 13.3. The molecule has 0 spiro atoms. The minimum atomic E-state index is -0.239. The van der Waals surface area contributed by atoms with Gasteiger partial charge in [0, 0.05) is 23.2 Å². The number of rotatable bonds is 5. The molecule has 1 aliphatic carbocycles. The Morgan fingerprint density at radius 3 is 1.95 bits per heavy atom. The zero-order chi connectivity index (χ0) is 14.6. The molecule has 2 heteroatoms. The molecule has 0 bridgehead atoms. The van der Waals surface area contributed by atoms with E-state index in [-0.39, 0.29) is 23.2 Å². The van der Waals surface area contributed by atoms with E-state index < -0.39 is 0 Å². The van der Waals surface area contributed by atoms with Crippen LogP contribution in [0.1, 0.15) is 73.1 Å². The van der Waals surface area contributed by atoms with Gasteiger partial charge in [-0.25, -0.2) is 0 Å². The third-order valence-corrected chi connectivity index (χ3v) is 4.45. The highest BCUT2D eigenvalue weighted by Gasteiger charge is 2.35. The van der Waals surface area contributed by atoms with Crippen LogP contribution in [-0.4, -0.2) is 11.6 Å². The van der Waals surface area contributed by atoms with E-state index in [1.807, 2.05) is 20.8 Å². The molecule has 0 aromatic rings. The summed E-state index contributed by atoms with van der Waals surface area (Å²) in [6.45, 7) is 10.2. The minimum absolute atomic E-state index is 0.186. The van der Waals surface area contributed by atoms with E-state index in [9.17, 15) is 9.59 Å². The van der Waals surface area contributed by atoms with Crippen LogP contribution >= 0.6 is 0 Å². The van der Waals surface area contributed by atoms with Crippen LogP contribution in [0.15, 0.2) is 0 Å². The van der Waals surface area contributed by atoms with Crippen LogP contribution in [0.2, 0.25) is 0 Å². The molecular weight excluding hydrogens is 236 g/mol. The number of ketones is 2. The van der Waals surface area contributed by atoms with E-state index in [0.29, 0.717) is 11.6 Å². The molecular formula is C17H30O2. The molecule has 1 saturated carbocycles. The number of carbonyl (C=O) groups is 2. The third kappa shape index (κ3) is 4.43. The molecule has 0 heterocycles. The fourth-order valence-electron chi connectivity index (χ4n) is 3.23. The predicted molar refractivity (Wildman–Crippen MR) is 79.0 cm³/mol. The maximum Gasteiger partial charge on any atom is 0.141 e. The summed E-state index contributed by atoms with van der Waals surface area (Å²) in [6.07, 6.45) is 5.72. The van der Waals surface area contributed by atoms with Crippen molar-refractivity contribution >= 4 is 11.6 Å². The quantitative estimate of drug-likeness (QED) is 0.738. The molecule has 110 valence electrons. The Morgan fingerprint density at radius 1 is 1.05 bits per heavy atom. The smallest absolute Gasteiger partial charge is 0.141 e. The topological polar surface area (TPSA) is 34.1 Å². The molecule has 19 heavy (non-hydrogen) atoms. The van der Waals surface area contributed by atoms with Crippen LogP contribution in [0.3, 0.4) is 0 Å². The number of carbonyl (C=O) groups excluding carboxylic acids is 2. The summed E-state index contributed by atoms with van der Waals surface area (Å²) in [5.74, 6) is 1.41. The predicted octanol–water partition coefficient (Wildman–Crippen LogP) is 4.41. The van der Waals surface area contributed by atoms with Crippen molar-refractivity contribution in [3.63, 3.8) is 0 Å². The third-order valence-electron chi connectivity index (χ3n) is 4.45. The lowest BCUT2D eigenvalue weighted by Gasteiger charge is -2.31. The van der Waals surface area contributed by atoms with E-state index in [0.717, 1.165) is 38.5 Å². The Kier molecular flexibility index (Phi) is 5.76. The fourth-order valence-corrected chi connectivity index (χ4v) is 3.23. The van der Waals surface area contributed by atoms with Gasteiger partial charge in [0.25, 0.3) is 0 Å². The first-order valence-corrected chi connectivity index (χ1v) is 7.85. The Morgan fingerprint density at radius 2 is 1.53 bits per heavy atom. The summed E-state index contributed by atoms with van der Waals surface area (Å²) < 4.78 is 0. The lowest BCUT2D eigenvalue weighted by atomic mass is 9.71. The summed E-state index contributed by atoms with van der Waals surface area (Å²) >= 11 is 0. The van der Waals surface area contributed by atoms with Gasteiger partial charge in [0.1, 0.15) is 11.6 Å². The molecule has 2 nitrogen and oxygen atoms in total. The highest BCUT2D eigenvalue weighted by Crippen LogP contribution is 2.35. The molecule has 1 fully saturated rings. The summed E-state index contributed by atoms with van der Waals surface area (Å²) in [7, 11) is 0. The normalized spacial score (nSPS) is 25.9. The molecule has 0 aliphatic heterocycles. The monoisotopic (exact) mass is 266 g/mol. The Hall–Kier alpha value is -0.660. The molecule has 0 N–H and O–H groups in total. The first-order valence-electron chi connectivity index (χ1n) is 7.85. The molecule has 1 atom stereocenters. The van der Waals surface area contributed by atoms with Gasteiger partial charge in [-0.1, -0.05) is 41.0 Å². The van der Waals surface area contributed by atoms with Gasteiger partial charge in [-0.05, 0) is 32.1 Å². The maximum absolute atomic E-state index is 12.3. The van der Waals surface area contributed by atoms with Gasteiger partial charge in [-0.3, -0.25) is 9.59 Å². The van der Waals surface area contributed by atoms with Crippen molar-refractivity contribution < 1.29 is 9.59 Å². The van der Waals surface area contributed by atoms with Gasteiger partial charge in [0.2, 0.25) is 0 Å². The maximum atomic E-state index is 12.3. The van der Waals surface area contributed by atoms with Crippen molar-refractivity contribution in [3.8, 4) is 0 Å². The molecule has 1 rings (SSSR count). The summed E-state index contributed by atoms with van der Waals surface area (Å²) in [5, 5.41) is 0. The van der Waals surface area contributed by atoms with Gasteiger partial charge in [0.05, 0.1) is 0 Å². The van der Waals surface area contributed by atoms with Crippen LogP contribution < -0.4 is 0 Å². The second-order valence-electron chi connectivity index (χ2n) is 7.25.